The zero-order valence-corrected chi connectivity index (χ0v) is 21.3. The molecule has 0 aromatic heterocycles. The molecule has 4 rings (SSSR count). The summed E-state index contributed by atoms with van der Waals surface area (Å²) in [5.41, 5.74) is 4.31. The van der Waals surface area contributed by atoms with Crippen molar-refractivity contribution in [1.82, 2.24) is 0 Å². The van der Waals surface area contributed by atoms with Crippen LogP contribution in [0.5, 0.6) is 17.2 Å². The van der Waals surface area contributed by atoms with Gasteiger partial charge in [-0.2, -0.15) is 0 Å². The zero-order chi connectivity index (χ0) is 26.9. The number of hydrogen-bond donors (Lipinski definition) is 0. The van der Waals surface area contributed by atoms with E-state index >= 15 is 0 Å². The monoisotopic (exact) mass is 507 g/mol. The zero-order valence-electron chi connectivity index (χ0n) is 21.3. The normalized spacial score (nSPS) is 12.4. The molecule has 0 atom stereocenters. The molecule has 0 amide bonds. The fourth-order valence-corrected chi connectivity index (χ4v) is 3.85. The van der Waals surface area contributed by atoms with Crippen molar-refractivity contribution in [3.05, 3.63) is 127 Å². The molecule has 3 aromatic rings. The summed E-state index contributed by atoms with van der Waals surface area (Å²) in [7, 11) is 0. The molecule has 1 aliphatic carbocycles. The van der Waals surface area contributed by atoms with Crippen LogP contribution in [0, 0.1) is 0 Å². The minimum absolute atomic E-state index is 0.240. The molecule has 6 nitrogen and oxygen atoms in total. The number of carbonyl (C=O) groups excluding carboxylic acids is 2. The van der Waals surface area contributed by atoms with Gasteiger partial charge in [-0.05, 0) is 92.1 Å². The van der Waals surface area contributed by atoms with Gasteiger partial charge >= 0.3 is 11.9 Å². The van der Waals surface area contributed by atoms with Crippen LogP contribution in [0.2, 0.25) is 0 Å². The number of nitrogens with zero attached hydrogens (tertiary/aromatic N) is 1. The van der Waals surface area contributed by atoms with E-state index in [0.717, 1.165) is 53.1 Å². The van der Waals surface area contributed by atoms with Gasteiger partial charge in [-0.1, -0.05) is 37.4 Å². The number of hydrogen-bond acceptors (Lipinski definition) is 6. The molecule has 3 aromatic carbocycles. The highest BCUT2D eigenvalue weighted by atomic mass is 16.5. The van der Waals surface area contributed by atoms with Crippen LogP contribution in [0.3, 0.4) is 0 Å². The minimum atomic E-state index is -0.511. The molecule has 0 bridgehead atoms. The minimum Gasteiger partial charge on any atom is -0.458 e. The molecular weight excluding hydrogens is 478 g/mol. The van der Waals surface area contributed by atoms with Gasteiger partial charge in [0.1, 0.15) is 23.9 Å². The quantitative estimate of drug-likeness (QED) is 0.161. The second-order valence-corrected chi connectivity index (χ2v) is 8.70. The number of anilines is 2. The van der Waals surface area contributed by atoms with E-state index in [-0.39, 0.29) is 6.61 Å². The van der Waals surface area contributed by atoms with Crippen molar-refractivity contribution in [2.45, 2.75) is 19.8 Å². The van der Waals surface area contributed by atoms with Crippen LogP contribution in [-0.2, 0) is 14.3 Å². The van der Waals surface area contributed by atoms with Crippen LogP contribution in [0.15, 0.2) is 127 Å². The average molecular weight is 508 g/mol. The molecule has 0 aliphatic heterocycles. The van der Waals surface area contributed by atoms with E-state index < -0.39 is 11.9 Å². The van der Waals surface area contributed by atoms with E-state index in [1.807, 2.05) is 78.9 Å². The Labute approximate surface area is 222 Å². The first-order chi connectivity index (χ1) is 18.4. The van der Waals surface area contributed by atoms with Crippen molar-refractivity contribution < 1.29 is 23.8 Å². The van der Waals surface area contributed by atoms with Gasteiger partial charge in [0.15, 0.2) is 0 Å². The lowest BCUT2D eigenvalue weighted by atomic mass is 10.0. The molecule has 1 aliphatic rings. The van der Waals surface area contributed by atoms with Gasteiger partial charge in [-0.25, -0.2) is 9.59 Å². The number of para-hydroxylation sites is 1. The number of carbonyl (C=O) groups is 2. The molecule has 0 saturated heterocycles. The van der Waals surface area contributed by atoms with Gasteiger partial charge < -0.3 is 19.1 Å². The molecular formula is C32H29NO5. The summed E-state index contributed by atoms with van der Waals surface area (Å²) >= 11 is 0. The number of esters is 2. The number of rotatable bonds is 10. The Bertz CT molecular complexity index is 1370. The predicted molar refractivity (Wildman–Crippen MR) is 149 cm³/mol. The maximum absolute atomic E-state index is 11.8. The van der Waals surface area contributed by atoms with Gasteiger partial charge in [-0.3, -0.25) is 0 Å². The standard InChI is InChI=1S/C32H29NO5/c1-4-31(34)38-30-20-16-27(17-21-30)33(25-12-10-24(11-13-25)22-36-32(35)23(2)3)26-14-18-29(19-15-26)37-28-8-6-5-7-9-28/h4-10,12,14-21H,1-2,11,13,22H2,3H3. The Balaban J connectivity index is 1.59. The lowest BCUT2D eigenvalue weighted by molar-refractivity contribution is -0.138. The highest BCUT2D eigenvalue weighted by molar-refractivity contribution is 5.87. The fourth-order valence-electron chi connectivity index (χ4n) is 3.85. The summed E-state index contributed by atoms with van der Waals surface area (Å²) in [6.07, 6.45) is 6.64. The van der Waals surface area contributed by atoms with E-state index in [1.54, 1.807) is 19.1 Å². The van der Waals surface area contributed by atoms with Crippen LogP contribution in [0.25, 0.3) is 0 Å². The van der Waals surface area contributed by atoms with Crippen LogP contribution >= 0.6 is 0 Å². The van der Waals surface area contributed by atoms with Crippen LogP contribution < -0.4 is 14.4 Å². The first-order valence-electron chi connectivity index (χ1n) is 12.2. The van der Waals surface area contributed by atoms with Crippen molar-refractivity contribution in [3.63, 3.8) is 0 Å². The van der Waals surface area contributed by atoms with Crippen LogP contribution in [0.1, 0.15) is 19.8 Å². The highest BCUT2D eigenvalue weighted by Gasteiger charge is 2.19. The predicted octanol–water partition coefficient (Wildman–Crippen LogP) is 7.43. The van der Waals surface area contributed by atoms with E-state index in [9.17, 15) is 9.59 Å². The summed E-state index contributed by atoms with van der Waals surface area (Å²) < 4.78 is 16.5. The summed E-state index contributed by atoms with van der Waals surface area (Å²) in [4.78, 5) is 25.5. The molecule has 0 fully saturated rings. The molecule has 38 heavy (non-hydrogen) atoms. The second-order valence-electron chi connectivity index (χ2n) is 8.70. The lowest BCUT2D eigenvalue weighted by Gasteiger charge is -2.30. The third-order valence-corrected chi connectivity index (χ3v) is 5.79. The Hall–Kier alpha value is -4.84. The highest BCUT2D eigenvalue weighted by Crippen LogP contribution is 2.36. The molecule has 0 heterocycles. The maximum atomic E-state index is 11.8. The van der Waals surface area contributed by atoms with Crippen molar-refractivity contribution in [3.8, 4) is 17.2 Å². The summed E-state index contributed by atoms with van der Waals surface area (Å²) in [6, 6.07) is 24.8. The molecule has 0 saturated carbocycles. The summed E-state index contributed by atoms with van der Waals surface area (Å²) in [6.45, 7) is 8.93. The molecule has 0 spiro atoms. The van der Waals surface area contributed by atoms with Gasteiger partial charge in [0, 0.05) is 28.7 Å². The van der Waals surface area contributed by atoms with Gasteiger partial charge in [0.25, 0.3) is 0 Å². The molecule has 0 unspecified atom stereocenters. The van der Waals surface area contributed by atoms with Gasteiger partial charge in [-0.15, -0.1) is 0 Å². The second kappa shape index (κ2) is 12.4. The lowest BCUT2D eigenvalue weighted by Crippen LogP contribution is -2.19. The first kappa shape index (κ1) is 26.2. The molecule has 6 heteroatoms. The SMILES string of the molecule is C=CC(=O)Oc1ccc(N(C2=CC=C(COC(=O)C(=C)C)CC2)c2ccc(Oc3ccccc3)cc2)cc1. The fraction of sp³-hybridized carbons (Fsp3) is 0.125. The first-order valence-corrected chi connectivity index (χ1v) is 12.2. The number of benzene rings is 3. The van der Waals surface area contributed by atoms with Gasteiger partial charge in [0.05, 0.1) is 0 Å². The van der Waals surface area contributed by atoms with Crippen molar-refractivity contribution in [2.24, 2.45) is 0 Å². The van der Waals surface area contributed by atoms with Crippen molar-refractivity contribution in [1.29, 1.82) is 0 Å². The van der Waals surface area contributed by atoms with Gasteiger partial charge in [0.2, 0.25) is 0 Å². The number of allylic oxidation sites excluding steroid dienone is 3. The van der Waals surface area contributed by atoms with Crippen LogP contribution in [0.4, 0.5) is 11.4 Å². The Morgan fingerprint density at radius 3 is 2.00 bits per heavy atom. The average Bonchev–Trinajstić information content (AvgIpc) is 2.95. The third kappa shape index (κ3) is 6.89. The van der Waals surface area contributed by atoms with Crippen molar-refractivity contribution >= 4 is 23.3 Å². The van der Waals surface area contributed by atoms with Crippen molar-refractivity contribution in [2.75, 3.05) is 11.5 Å². The third-order valence-electron chi connectivity index (χ3n) is 5.79. The Morgan fingerprint density at radius 2 is 1.45 bits per heavy atom. The molecule has 0 N–H and O–H groups in total. The molecule has 192 valence electrons. The van der Waals surface area contributed by atoms with E-state index in [4.69, 9.17) is 14.2 Å². The smallest absolute Gasteiger partial charge is 0.335 e. The topological polar surface area (TPSA) is 65.1 Å². The Kier molecular flexibility index (Phi) is 8.57. The Morgan fingerprint density at radius 1 is 0.842 bits per heavy atom. The molecule has 0 radical (unpaired) electrons. The van der Waals surface area contributed by atoms with Crippen LogP contribution in [-0.4, -0.2) is 18.5 Å². The summed E-state index contributed by atoms with van der Waals surface area (Å²) in [5.74, 6) is 1.03. The van der Waals surface area contributed by atoms with E-state index in [0.29, 0.717) is 11.3 Å². The van der Waals surface area contributed by atoms with E-state index in [2.05, 4.69) is 18.1 Å². The number of ether oxygens (including phenoxy) is 3. The largest absolute Gasteiger partial charge is 0.458 e. The maximum Gasteiger partial charge on any atom is 0.335 e. The van der Waals surface area contributed by atoms with E-state index in [1.165, 1.54) is 0 Å². The summed E-state index contributed by atoms with van der Waals surface area (Å²) in [5, 5.41) is 0.